The van der Waals surface area contributed by atoms with E-state index in [9.17, 15) is 9.59 Å². The van der Waals surface area contributed by atoms with E-state index >= 15 is 0 Å². The van der Waals surface area contributed by atoms with Crippen LogP contribution in [0.15, 0.2) is 30.3 Å². The van der Waals surface area contributed by atoms with E-state index in [1.165, 1.54) is 6.42 Å². The maximum Gasteiger partial charge on any atom is 0.308 e. The number of carbonyl (C=O) groups excluding carboxylic acids is 2. The smallest absolute Gasteiger partial charge is 0.308 e. The molecule has 1 saturated carbocycles. The van der Waals surface area contributed by atoms with Gasteiger partial charge in [0.1, 0.15) is 6.10 Å². The van der Waals surface area contributed by atoms with Gasteiger partial charge in [-0.05, 0) is 36.2 Å². The van der Waals surface area contributed by atoms with Gasteiger partial charge in [0.25, 0.3) is 0 Å². The Kier molecular flexibility index (Phi) is 7.64. The molecule has 0 unspecified atom stereocenters. The lowest BCUT2D eigenvalue weighted by Crippen LogP contribution is -2.38. The molecule has 144 valence electrons. The lowest BCUT2D eigenvalue weighted by atomic mass is 9.75. The minimum Gasteiger partial charge on any atom is -0.462 e. The molecule has 5 heteroatoms. The van der Waals surface area contributed by atoms with Gasteiger partial charge in [0.15, 0.2) is 0 Å². The van der Waals surface area contributed by atoms with Gasteiger partial charge in [-0.3, -0.25) is 9.59 Å². The van der Waals surface area contributed by atoms with Crippen LogP contribution in [0.3, 0.4) is 0 Å². The second-order valence-electron chi connectivity index (χ2n) is 7.79. The third-order valence-corrected chi connectivity index (χ3v) is 5.34. The second kappa shape index (κ2) is 9.72. The number of hydrogen-bond acceptors (Lipinski definition) is 4. The van der Waals surface area contributed by atoms with Gasteiger partial charge in [0.05, 0.1) is 19.0 Å². The molecule has 1 aliphatic rings. The molecule has 1 aromatic carbocycles. The molecule has 4 atom stereocenters. The Morgan fingerprint density at radius 1 is 1.23 bits per heavy atom. The van der Waals surface area contributed by atoms with Crippen molar-refractivity contribution in [3.8, 4) is 0 Å². The second-order valence-corrected chi connectivity index (χ2v) is 7.79. The van der Waals surface area contributed by atoms with Crippen LogP contribution in [0.2, 0.25) is 0 Å². The fourth-order valence-electron chi connectivity index (χ4n) is 3.82. The van der Waals surface area contributed by atoms with Crippen molar-refractivity contribution in [3.63, 3.8) is 0 Å². The van der Waals surface area contributed by atoms with Crippen LogP contribution in [0, 0.1) is 17.8 Å². The van der Waals surface area contributed by atoms with Gasteiger partial charge in [0.2, 0.25) is 5.91 Å². The van der Waals surface area contributed by atoms with Crippen molar-refractivity contribution >= 4 is 11.9 Å². The normalized spacial score (nSPS) is 24.1. The fourth-order valence-corrected chi connectivity index (χ4v) is 3.82. The number of benzene rings is 1. The number of hydrogen-bond donors (Lipinski definition) is 2. The molecule has 0 aliphatic heterocycles. The van der Waals surface area contributed by atoms with Crippen LogP contribution in [0.5, 0.6) is 0 Å². The molecular formula is C21H32N2O3. The third-order valence-electron chi connectivity index (χ3n) is 5.34. The molecule has 2 rings (SSSR count). The fraction of sp³-hybridized carbons (Fsp3) is 0.619. The van der Waals surface area contributed by atoms with E-state index < -0.39 is 6.04 Å². The Morgan fingerprint density at radius 2 is 1.92 bits per heavy atom. The Morgan fingerprint density at radius 3 is 2.54 bits per heavy atom. The Balaban J connectivity index is 2.04. The number of esters is 1. The first-order chi connectivity index (χ1) is 12.4. The topological polar surface area (TPSA) is 81.4 Å². The van der Waals surface area contributed by atoms with Gasteiger partial charge < -0.3 is 15.8 Å². The Labute approximate surface area is 156 Å². The summed E-state index contributed by atoms with van der Waals surface area (Å²) in [7, 11) is 0. The summed E-state index contributed by atoms with van der Waals surface area (Å²) in [4.78, 5) is 24.4. The first-order valence-corrected chi connectivity index (χ1v) is 9.64. The van der Waals surface area contributed by atoms with Gasteiger partial charge in [-0.2, -0.15) is 0 Å². The first kappa shape index (κ1) is 20.4. The average molecular weight is 360 g/mol. The molecule has 0 bridgehead atoms. The zero-order chi connectivity index (χ0) is 19.1. The summed E-state index contributed by atoms with van der Waals surface area (Å²) < 4.78 is 5.88. The number of nitrogens with two attached hydrogens (primary N) is 1. The monoisotopic (exact) mass is 360 g/mol. The van der Waals surface area contributed by atoms with Crippen molar-refractivity contribution in [1.29, 1.82) is 0 Å². The molecule has 0 aromatic heterocycles. The largest absolute Gasteiger partial charge is 0.462 e. The number of carbonyl (C=O) groups is 2. The van der Waals surface area contributed by atoms with E-state index in [1.807, 2.05) is 30.3 Å². The predicted molar refractivity (Wildman–Crippen MR) is 102 cm³/mol. The van der Waals surface area contributed by atoms with Crippen LogP contribution < -0.4 is 11.1 Å². The zero-order valence-electron chi connectivity index (χ0n) is 16.1. The summed E-state index contributed by atoms with van der Waals surface area (Å²) in [6, 6.07) is 9.06. The SMILES string of the molecule is CC(C)[C@@H]1CC[C@@H](C)C[C@H]1OC(=O)C[C@@H](NC(=O)CN)c1ccccc1. The standard InChI is InChI=1S/C21H32N2O3/c1-14(2)17-10-9-15(3)11-19(17)26-21(25)12-18(23-20(24)13-22)16-7-5-4-6-8-16/h4-8,14-15,17-19H,9-13,22H2,1-3H3,(H,23,24)/t15-,17+,18-,19-/m1/s1. The quantitative estimate of drug-likeness (QED) is 0.732. The molecule has 0 radical (unpaired) electrons. The van der Waals surface area contributed by atoms with Gasteiger partial charge in [-0.15, -0.1) is 0 Å². The summed E-state index contributed by atoms with van der Waals surface area (Å²) in [6.45, 7) is 6.49. The molecule has 3 N–H and O–H groups in total. The molecule has 1 amide bonds. The molecule has 5 nitrogen and oxygen atoms in total. The highest BCUT2D eigenvalue weighted by molar-refractivity contribution is 5.79. The zero-order valence-corrected chi connectivity index (χ0v) is 16.1. The Hall–Kier alpha value is -1.88. The van der Waals surface area contributed by atoms with Crippen molar-refractivity contribution in [2.75, 3.05) is 6.54 Å². The highest BCUT2D eigenvalue weighted by Crippen LogP contribution is 2.35. The van der Waals surface area contributed by atoms with Gasteiger partial charge >= 0.3 is 5.97 Å². The van der Waals surface area contributed by atoms with Crippen LogP contribution in [0.25, 0.3) is 0 Å². The predicted octanol–water partition coefficient (Wildman–Crippen LogP) is 3.20. The van der Waals surface area contributed by atoms with Gasteiger partial charge in [-0.25, -0.2) is 0 Å². The number of ether oxygens (including phenoxy) is 1. The molecule has 0 heterocycles. The lowest BCUT2D eigenvalue weighted by molar-refractivity contribution is -0.156. The average Bonchev–Trinajstić information content (AvgIpc) is 2.61. The van der Waals surface area contributed by atoms with Crippen molar-refractivity contribution in [3.05, 3.63) is 35.9 Å². The number of rotatable bonds is 7. The number of nitrogens with one attached hydrogen (secondary N) is 1. The Bertz CT molecular complexity index is 588. The highest BCUT2D eigenvalue weighted by Gasteiger charge is 2.34. The van der Waals surface area contributed by atoms with Crippen molar-refractivity contribution in [2.24, 2.45) is 23.5 Å². The van der Waals surface area contributed by atoms with Crippen LogP contribution in [-0.2, 0) is 14.3 Å². The summed E-state index contributed by atoms with van der Waals surface area (Å²) in [5.41, 5.74) is 6.30. The van der Waals surface area contributed by atoms with E-state index in [2.05, 4.69) is 26.1 Å². The molecular weight excluding hydrogens is 328 g/mol. The molecule has 0 saturated heterocycles. The summed E-state index contributed by atoms with van der Waals surface area (Å²) in [6.07, 6.45) is 3.29. The van der Waals surface area contributed by atoms with Crippen LogP contribution in [-0.4, -0.2) is 24.5 Å². The van der Waals surface area contributed by atoms with Crippen molar-refractivity contribution in [1.82, 2.24) is 5.32 Å². The van der Waals surface area contributed by atoms with E-state index in [1.54, 1.807) is 0 Å². The van der Waals surface area contributed by atoms with E-state index in [4.69, 9.17) is 10.5 Å². The summed E-state index contributed by atoms with van der Waals surface area (Å²) in [5, 5.41) is 2.83. The molecule has 1 aliphatic carbocycles. The van der Waals surface area contributed by atoms with Crippen molar-refractivity contribution < 1.29 is 14.3 Å². The van der Waals surface area contributed by atoms with Gasteiger partial charge in [-0.1, -0.05) is 57.5 Å². The van der Waals surface area contributed by atoms with E-state index in [-0.39, 0.29) is 30.9 Å². The molecule has 0 spiro atoms. The highest BCUT2D eigenvalue weighted by atomic mass is 16.5. The van der Waals surface area contributed by atoms with Crippen LogP contribution >= 0.6 is 0 Å². The minimum atomic E-state index is -0.418. The number of amides is 1. The minimum absolute atomic E-state index is 0.0344. The van der Waals surface area contributed by atoms with Crippen molar-refractivity contribution in [2.45, 2.75) is 58.6 Å². The summed E-state index contributed by atoms with van der Waals surface area (Å²) >= 11 is 0. The van der Waals surface area contributed by atoms with E-state index in [0.29, 0.717) is 17.8 Å². The van der Waals surface area contributed by atoms with E-state index in [0.717, 1.165) is 18.4 Å². The molecule has 1 aromatic rings. The van der Waals surface area contributed by atoms with Crippen LogP contribution in [0.1, 0.15) is 58.1 Å². The maximum absolute atomic E-state index is 12.6. The summed E-state index contributed by atoms with van der Waals surface area (Å²) in [5.74, 6) is 0.926. The lowest BCUT2D eigenvalue weighted by Gasteiger charge is -2.37. The first-order valence-electron chi connectivity index (χ1n) is 9.64. The maximum atomic E-state index is 12.6. The molecule has 1 fully saturated rings. The third kappa shape index (κ3) is 5.84. The van der Waals surface area contributed by atoms with Gasteiger partial charge in [0, 0.05) is 0 Å². The molecule has 26 heavy (non-hydrogen) atoms. The van der Waals surface area contributed by atoms with Crippen LogP contribution in [0.4, 0.5) is 0 Å².